The van der Waals surface area contributed by atoms with Gasteiger partial charge in [-0.05, 0) is 42.0 Å². The fraction of sp³-hybridized carbons (Fsp3) is 0.571. The van der Waals surface area contributed by atoms with Crippen LogP contribution in [0.15, 0.2) is 24.3 Å². The summed E-state index contributed by atoms with van der Waals surface area (Å²) in [4.78, 5) is 0. The quantitative estimate of drug-likeness (QED) is 0.788. The van der Waals surface area contributed by atoms with Crippen molar-refractivity contribution in [3.8, 4) is 0 Å². The highest BCUT2D eigenvalue weighted by atomic mass is 35.5. The van der Waals surface area contributed by atoms with E-state index in [0.29, 0.717) is 5.41 Å². The molecular formula is C14H20ClNO. The van der Waals surface area contributed by atoms with Crippen LogP contribution in [0.5, 0.6) is 0 Å². The van der Waals surface area contributed by atoms with Gasteiger partial charge in [0.05, 0.1) is 6.61 Å². The van der Waals surface area contributed by atoms with Crippen LogP contribution in [0.2, 0.25) is 5.02 Å². The number of rotatable bonds is 6. The van der Waals surface area contributed by atoms with Crippen LogP contribution in [0.1, 0.15) is 18.9 Å². The van der Waals surface area contributed by atoms with E-state index in [0.717, 1.165) is 30.6 Å². The molecule has 1 fully saturated rings. The number of hydrogen-bond acceptors (Lipinski definition) is 2. The van der Waals surface area contributed by atoms with E-state index in [4.69, 9.17) is 16.3 Å². The van der Waals surface area contributed by atoms with E-state index in [2.05, 4.69) is 24.4 Å². The molecule has 2 unspecified atom stereocenters. The van der Waals surface area contributed by atoms with Crippen molar-refractivity contribution in [2.45, 2.75) is 18.8 Å². The zero-order valence-corrected chi connectivity index (χ0v) is 11.3. The molecule has 94 valence electrons. The monoisotopic (exact) mass is 253 g/mol. The summed E-state index contributed by atoms with van der Waals surface area (Å²) in [6.07, 6.45) is 1.26. The molecule has 2 nitrogen and oxygen atoms in total. The van der Waals surface area contributed by atoms with E-state index in [1.165, 1.54) is 12.0 Å². The summed E-state index contributed by atoms with van der Waals surface area (Å²) in [7, 11) is 1.73. The molecule has 1 N–H and O–H groups in total. The second kappa shape index (κ2) is 5.38. The molecule has 3 heteroatoms. The predicted octanol–water partition coefficient (Wildman–Crippen LogP) is 2.85. The van der Waals surface area contributed by atoms with E-state index in [1.54, 1.807) is 7.11 Å². The minimum absolute atomic E-state index is 0.338. The molecule has 0 aromatic heterocycles. The highest BCUT2D eigenvalue weighted by molar-refractivity contribution is 6.30. The van der Waals surface area contributed by atoms with Crippen LogP contribution in [0.25, 0.3) is 0 Å². The summed E-state index contributed by atoms with van der Waals surface area (Å²) in [5.74, 6) is 0.737. The van der Waals surface area contributed by atoms with Crippen LogP contribution in [-0.2, 0) is 10.2 Å². The van der Waals surface area contributed by atoms with E-state index >= 15 is 0 Å². The first kappa shape index (κ1) is 12.9. The highest BCUT2D eigenvalue weighted by Crippen LogP contribution is 2.53. The second-order valence-corrected chi connectivity index (χ2v) is 5.46. The molecule has 1 aliphatic rings. The number of halogens is 1. The summed E-state index contributed by atoms with van der Waals surface area (Å²) in [5.41, 5.74) is 1.74. The van der Waals surface area contributed by atoms with Crippen molar-refractivity contribution in [3.05, 3.63) is 34.9 Å². The van der Waals surface area contributed by atoms with Crippen LogP contribution in [0.4, 0.5) is 0 Å². The molecule has 0 amide bonds. The van der Waals surface area contributed by atoms with Crippen LogP contribution >= 0.6 is 11.6 Å². The Balaban J connectivity index is 1.84. The third-order valence-corrected chi connectivity index (χ3v) is 4.04. The van der Waals surface area contributed by atoms with Gasteiger partial charge >= 0.3 is 0 Å². The molecule has 0 bridgehead atoms. The fourth-order valence-electron chi connectivity index (χ4n) is 2.39. The Morgan fingerprint density at radius 2 is 2.12 bits per heavy atom. The van der Waals surface area contributed by atoms with Crippen molar-refractivity contribution in [1.82, 2.24) is 5.32 Å². The SMILES string of the molecule is COCCNCC1CC1(C)c1ccc(Cl)cc1. The van der Waals surface area contributed by atoms with Gasteiger partial charge in [-0.2, -0.15) is 0 Å². The molecule has 0 radical (unpaired) electrons. The van der Waals surface area contributed by atoms with Crippen molar-refractivity contribution in [2.24, 2.45) is 5.92 Å². The molecule has 1 saturated carbocycles. The molecule has 1 aromatic carbocycles. The topological polar surface area (TPSA) is 21.3 Å². The largest absolute Gasteiger partial charge is 0.383 e. The van der Waals surface area contributed by atoms with Crippen molar-refractivity contribution >= 4 is 11.6 Å². The zero-order valence-electron chi connectivity index (χ0n) is 10.5. The highest BCUT2D eigenvalue weighted by Gasteiger charge is 2.50. The van der Waals surface area contributed by atoms with Gasteiger partial charge in [-0.1, -0.05) is 30.7 Å². The first-order chi connectivity index (χ1) is 8.16. The fourth-order valence-corrected chi connectivity index (χ4v) is 2.51. The van der Waals surface area contributed by atoms with Crippen LogP contribution in [0.3, 0.4) is 0 Å². The Labute approximate surface area is 108 Å². The molecule has 0 heterocycles. The van der Waals surface area contributed by atoms with Crippen molar-refractivity contribution < 1.29 is 4.74 Å². The van der Waals surface area contributed by atoms with Crippen LogP contribution < -0.4 is 5.32 Å². The second-order valence-electron chi connectivity index (χ2n) is 5.02. The molecule has 17 heavy (non-hydrogen) atoms. The molecule has 0 spiro atoms. The normalized spacial score (nSPS) is 27.1. The predicted molar refractivity (Wildman–Crippen MR) is 71.7 cm³/mol. The smallest absolute Gasteiger partial charge is 0.0587 e. The molecule has 2 rings (SSSR count). The maximum absolute atomic E-state index is 5.91. The Hall–Kier alpha value is -0.570. The number of methoxy groups -OCH3 is 1. The summed E-state index contributed by atoms with van der Waals surface area (Å²) < 4.78 is 5.02. The first-order valence-electron chi connectivity index (χ1n) is 6.12. The lowest BCUT2D eigenvalue weighted by atomic mass is 9.95. The maximum atomic E-state index is 5.91. The molecule has 0 aliphatic heterocycles. The first-order valence-corrected chi connectivity index (χ1v) is 6.50. The Morgan fingerprint density at radius 3 is 2.76 bits per heavy atom. The summed E-state index contributed by atoms with van der Waals surface area (Å²) in [6, 6.07) is 8.26. The lowest BCUT2D eigenvalue weighted by Crippen LogP contribution is -2.23. The van der Waals surface area contributed by atoms with Gasteiger partial charge in [0.1, 0.15) is 0 Å². The lowest BCUT2D eigenvalue weighted by Gasteiger charge is -2.12. The minimum Gasteiger partial charge on any atom is -0.383 e. The number of benzene rings is 1. The molecule has 1 aromatic rings. The molecule has 0 saturated heterocycles. The number of ether oxygens (including phenoxy) is 1. The third kappa shape index (κ3) is 3.01. The van der Waals surface area contributed by atoms with E-state index in [9.17, 15) is 0 Å². The van der Waals surface area contributed by atoms with Gasteiger partial charge < -0.3 is 10.1 Å². The van der Waals surface area contributed by atoms with Gasteiger partial charge in [0.25, 0.3) is 0 Å². The van der Waals surface area contributed by atoms with E-state index < -0.39 is 0 Å². The summed E-state index contributed by atoms with van der Waals surface area (Å²) in [6.45, 7) is 5.12. The van der Waals surface area contributed by atoms with Crippen molar-refractivity contribution in [1.29, 1.82) is 0 Å². The minimum atomic E-state index is 0.338. The van der Waals surface area contributed by atoms with Gasteiger partial charge in [-0.25, -0.2) is 0 Å². The van der Waals surface area contributed by atoms with Crippen LogP contribution in [0, 0.1) is 5.92 Å². The molecular weight excluding hydrogens is 234 g/mol. The average Bonchev–Trinajstić information content (AvgIpc) is 2.98. The van der Waals surface area contributed by atoms with Gasteiger partial charge in [-0.3, -0.25) is 0 Å². The lowest BCUT2D eigenvalue weighted by molar-refractivity contribution is 0.199. The van der Waals surface area contributed by atoms with Gasteiger partial charge in [0.15, 0.2) is 0 Å². The van der Waals surface area contributed by atoms with Gasteiger partial charge in [0.2, 0.25) is 0 Å². The Morgan fingerprint density at radius 1 is 1.41 bits per heavy atom. The van der Waals surface area contributed by atoms with Crippen molar-refractivity contribution in [2.75, 3.05) is 26.8 Å². The average molecular weight is 254 g/mol. The summed E-state index contributed by atoms with van der Waals surface area (Å²) >= 11 is 5.91. The Bertz CT molecular complexity index is 365. The molecule has 1 aliphatic carbocycles. The van der Waals surface area contributed by atoms with Gasteiger partial charge in [0, 0.05) is 18.7 Å². The number of hydrogen-bond donors (Lipinski definition) is 1. The standard InChI is InChI=1S/C14H20ClNO/c1-14(11-3-5-13(15)6-4-11)9-12(14)10-16-7-8-17-2/h3-6,12,16H,7-10H2,1-2H3. The summed E-state index contributed by atoms with van der Waals surface area (Å²) in [5, 5.41) is 4.25. The molecule has 2 atom stereocenters. The zero-order chi connectivity index (χ0) is 12.3. The Kier molecular flexibility index (Phi) is 4.08. The van der Waals surface area contributed by atoms with Crippen LogP contribution in [-0.4, -0.2) is 26.8 Å². The third-order valence-electron chi connectivity index (χ3n) is 3.79. The van der Waals surface area contributed by atoms with E-state index in [1.807, 2.05) is 12.1 Å². The van der Waals surface area contributed by atoms with E-state index in [-0.39, 0.29) is 0 Å². The van der Waals surface area contributed by atoms with Gasteiger partial charge in [-0.15, -0.1) is 0 Å². The number of nitrogens with one attached hydrogen (secondary N) is 1. The van der Waals surface area contributed by atoms with Crippen molar-refractivity contribution in [3.63, 3.8) is 0 Å². The maximum Gasteiger partial charge on any atom is 0.0587 e.